The smallest absolute Gasteiger partial charge is 0.264 e. The molecule has 0 spiro atoms. The number of halogens is 3. The fraction of sp³-hybridized carbons (Fsp3) is 0.257. The van der Waals surface area contributed by atoms with E-state index in [1.54, 1.807) is 30.3 Å². The minimum absolute atomic E-state index is 0.0376. The number of anilines is 1. The lowest BCUT2D eigenvalue weighted by Crippen LogP contribution is -2.54. The molecular weight excluding hydrogens is 648 g/mol. The van der Waals surface area contributed by atoms with Crippen LogP contribution in [0.2, 0.25) is 10.0 Å². The molecule has 1 fully saturated rings. The molecule has 1 atom stereocenters. The largest absolute Gasteiger partial charge is 0.352 e. The second kappa shape index (κ2) is 15.1. The molecule has 7 nitrogen and oxygen atoms in total. The summed E-state index contributed by atoms with van der Waals surface area (Å²) in [6.07, 6.45) is 3.77. The number of benzene rings is 4. The lowest BCUT2D eigenvalue weighted by molar-refractivity contribution is -0.140. The van der Waals surface area contributed by atoms with Crippen LogP contribution >= 0.6 is 23.2 Å². The van der Waals surface area contributed by atoms with Crippen molar-refractivity contribution < 1.29 is 22.4 Å². The Morgan fingerprint density at radius 2 is 1.52 bits per heavy atom. The monoisotopic (exact) mass is 681 g/mol. The Morgan fingerprint density at radius 1 is 0.848 bits per heavy atom. The summed E-state index contributed by atoms with van der Waals surface area (Å²) >= 11 is 12.3. The Morgan fingerprint density at radius 3 is 2.20 bits per heavy atom. The van der Waals surface area contributed by atoms with Crippen molar-refractivity contribution in [3.8, 4) is 0 Å². The molecule has 240 valence electrons. The first-order valence-corrected chi connectivity index (χ1v) is 17.2. The van der Waals surface area contributed by atoms with E-state index in [1.165, 1.54) is 47.4 Å². The van der Waals surface area contributed by atoms with Gasteiger partial charge in [-0.25, -0.2) is 12.8 Å². The van der Waals surface area contributed by atoms with Crippen LogP contribution in [-0.2, 0) is 32.6 Å². The zero-order chi connectivity index (χ0) is 32.7. The van der Waals surface area contributed by atoms with E-state index < -0.39 is 34.3 Å². The lowest BCUT2D eigenvalue weighted by atomic mass is 10.0. The van der Waals surface area contributed by atoms with Gasteiger partial charge in [0, 0.05) is 34.6 Å². The predicted octanol–water partition coefficient (Wildman–Crippen LogP) is 7.03. The summed E-state index contributed by atoms with van der Waals surface area (Å²) in [6.45, 7) is -0.937. The molecule has 2 amide bonds. The number of sulfonamides is 1. The molecule has 5 rings (SSSR count). The number of nitrogens with one attached hydrogen (secondary N) is 1. The van der Waals surface area contributed by atoms with Gasteiger partial charge in [-0.15, -0.1) is 0 Å². The van der Waals surface area contributed by atoms with Crippen molar-refractivity contribution in [1.82, 2.24) is 10.2 Å². The Hall–Kier alpha value is -3.92. The highest BCUT2D eigenvalue weighted by Crippen LogP contribution is 2.28. The first kappa shape index (κ1) is 33.4. The molecule has 0 aliphatic heterocycles. The lowest BCUT2D eigenvalue weighted by Gasteiger charge is -2.34. The minimum Gasteiger partial charge on any atom is -0.352 e. The molecule has 0 aromatic heterocycles. The van der Waals surface area contributed by atoms with Gasteiger partial charge < -0.3 is 10.2 Å². The van der Waals surface area contributed by atoms with Crippen LogP contribution in [0, 0.1) is 5.82 Å². The zero-order valence-electron chi connectivity index (χ0n) is 25.0. The maximum absolute atomic E-state index is 15.1. The molecule has 1 aliphatic carbocycles. The van der Waals surface area contributed by atoms with Crippen LogP contribution in [0.5, 0.6) is 0 Å². The van der Waals surface area contributed by atoms with Gasteiger partial charge in [0.15, 0.2) is 0 Å². The van der Waals surface area contributed by atoms with Crippen molar-refractivity contribution in [2.24, 2.45) is 0 Å². The van der Waals surface area contributed by atoms with Crippen LogP contribution in [0.15, 0.2) is 108 Å². The summed E-state index contributed by atoms with van der Waals surface area (Å²) in [6, 6.07) is 25.9. The summed E-state index contributed by atoms with van der Waals surface area (Å²) in [5.41, 5.74) is 1.13. The fourth-order valence-electron chi connectivity index (χ4n) is 5.63. The maximum atomic E-state index is 15.1. The molecule has 1 unspecified atom stereocenters. The standard InChI is InChI=1S/C35H34Cl2FN3O4S/c36-27-17-19-31(20-18-27)46(44,45)41(30-15-8-12-28(37)22-30)24-34(42)40(23-26-11-4-7-16-32(26)38)33(21-25-9-2-1-3-10-25)35(43)39-29-13-5-6-14-29/h1-4,7-12,15-20,22,29,33H,5-6,13-14,21,23-24H2,(H,39,43). The van der Waals surface area contributed by atoms with Crippen LogP contribution in [-0.4, -0.2) is 43.8 Å². The van der Waals surface area contributed by atoms with Crippen LogP contribution in [0.4, 0.5) is 10.1 Å². The highest BCUT2D eigenvalue weighted by molar-refractivity contribution is 7.92. The topological polar surface area (TPSA) is 86.8 Å². The molecular formula is C35H34Cl2FN3O4S. The van der Waals surface area contributed by atoms with Gasteiger partial charge in [0.25, 0.3) is 10.0 Å². The number of carbonyl (C=O) groups is 2. The molecule has 0 saturated heterocycles. The highest BCUT2D eigenvalue weighted by Gasteiger charge is 2.36. The van der Waals surface area contributed by atoms with E-state index in [2.05, 4.69) is 5.32 Å². The third-order valence-corrected chi connectivity index (χ3v) is 10.3. The summed E-state index contributed by atoms with van der Waals surface area (Å²) in [5.74, 6) is -1.62. The molecule has 4 aromatic carbocycles. The minimum atomic E-state index is -4.33. The van der Waals surface area contributed by atoms with E-state index in [0.29, 0.717) is 5.02 Å². The van der Waals surface area contributed by atoms with Crippen LogP contribution in [0.1, 0.15) is 36.8 Å². The molecule has 1 aliphatic rings. The second-order valence-corrected chi connectivity index (χ2v) is 14.0. The Labute approximate surface area is 279 Å². The summed E-state index contributed by atoms with van der Waals surface area (Å²) < 4.78 is 44.2. The molecule has 1 saturated carbocycles. The average molecular weight is 683 g/mol. The van der Waals surface area contributed by atoms with Crippen molar-refractivity contribution in [2.75, 3.05) is 10.8 Å². The van der Waals surface area contributed by atoms with Crippen molar-refractivity contribution in [2.45, 2.75) is 55.6 Å². The number of hydrogen-bond donors (Lipinski definition) is 1. The van der Waals surface area contributed by atoms with Crippen molar-refractivity contribution in [3.63, 3.8) is 0 Å². The second-order valence-electron chi connectivity index (χ2n) is 11.3. The van der Waals surface area contributed by atoms with E-state index in [9.17, 15) is 18.0 Å². The number of rotatable bonds is 12. The number of hydrogen-bond acceptors (Lipinski definition) is 4. The van der Waals surface area contributed by atoms with Crippen molar-refractivity contribution >= 4 is 50.7 Å². The zero-order valence-corrected chi connectivity index (χ0v) is 27.3. The molecule has 1 N–H and O–H groups in total. The normalized spacial score (nSPS) is 14.1. The molecule has 11 heteroatoms. The number of carbonyl (C=O) groups excluding carboxylic acids is 2. The average Bonchev–Trinajstić information content (AvgIpc) is 3.56. The molecule has 4 aromatic rings. The van der Waals surface area contributed by atoms with E-state index in [1.807, 2.05) is 30.3 Å². The van der Waals surface area contributed by atoms with Crippen molar-refractivity contribution in [3.05, 3.63) is 130 Å². The number of amides is 2. The highest BCUT2D eigenvalue weighted by atomic mass is 35.5. The fourth-order valence-corrected chi connectivity index (χ4v) is 7.34. The van der Waals surface area contributed by atoms with Gasteiger partial charge >= 0.3 is 0 Å². The summed E-state index contributed by atoms with van der Waals surface area (Å²) in [5, 5.41) is 3.71. The first-order chi connectivity index (χ1) is 22.1. The van der Waals surface area contributed by atoms with Gasteiger partial charge in [-0.1, -0.05) is 90.6 Å². The van der Waals surface area contributed by atoms with Crippen LogP contribution in [0.3, 0.4) is 0 Å². The van der Waals surface area contributed by atoms with Crippen molar-refractivity contribution in [1.29, 1.82) is 0 Å². The Bertz CT molecular complexity index is 1770. The first-order valence-electron chi connectivity index (χ1n) is 15.0. The van der Waals surface area contributed by atoms with Gasteiger partial charge in [0.1, 0.15) is 18.4 Å². The number of nitrogens with zero attached hydrogens (tertiary/aromatic N) is 2. The third-order valence-electron chi connectivity index (χ3n) is 8.05. The van der Waals surface area contributed by atoms with Crippen LogP contribution < -0.4 is 9.62 Å². The van der Waals surface area contributed by atoms with Gasteiger partial charge in [0.2, 0.25) is 11.8 Å². The van der Waals surface area contributed by atoms with E-state index >= 15 is 4.39 Å². The van der Waals surface area contributed by atoms with E-state index in [0.717, 1.165) is 35.6 Å². The van der Waals surface area contributed by atoms with Gasteiger partial charge in [-0.3, -0.25) is 13.9 Å². The quantitative estimate of drug-likeness (QED) is 0.174. The predicted molar refractivity (Wildman–Crippen MR) is 179 cm³/mol. The third kappa shape index (κ3) is 8.26. The molecule has 46 heavy (non-hydrogen) atoms. The SMILES string of the molecule is O=C(NC1CCCC1)C(Cc1ccccc1)N(Cc1ccccc1F)C(=O)CN(c1cccc(Cl)c1)S(=O)(=O)c1ccc(Cl)cc1. The Kier molecular flexibility index (Phi) is 11.0. The molecule has 0 bridgehead atoms. The van der Waals surface area contributed by atoms with E-state index in [4.69, 9.17) is 23.2 Å². The van der Waals surface area contributed by atoms with Gasteiger partial charge in [-0.05, 0) is 66.9 Å². The van der Waals surface area contributed by atoms with Gasteiger partial charge in [0.05, 0.1) is 10.6 Å². The van der Waals surface area contributed by atoms with Crippen LogP contribution in [0.25, 0.3) is 0 Å². The molecule has 0 heterocycles. The van der Waals surface area contributed by atoms with Gasteiger partial charge in [-0.2, -0.15) is 0 Å². The van der Waals surface area contributed by atoms with E-state index in [-0.39, 0.29) is 46.1 Å². The summed E-state index contributed by atoms with van der Waals surface area (Å²) in [7, 11) is -4.33. The molecule has 0 radical (unpaired) electrons. The Balaban J connectivity index is 1.57. The summed E-state index contributed by atoms with van der Waals surface area (Å²) in [4.78, 5) is 29.7. The maximum Gasteiger partial charge on any atom is 0.264 e.